The van der Waals surface area contributed by atoms with Crippen LogP contribution in [0.2, 0.25) is 0 Å². The number of hydrogen-bond donors (Lipinski definition) is 1. The molecule has 0 saturated carbocycles. The third-order valence-corrected chi connectivity index (χ3v) is 5.38. The van der Waals surface area contributed by atoms with Crippen LogP contribution in [-0.2, 0) is 6.54 Å². The van der Waals surface area contributed by atoms with Gasteiger partial charge in [-0.15, -0.1) is 0 Å². The van der Waals surface area contributed by atoms with Crippen LogP contribution in [0, 0.1) is 0 Å². The summed E-state index contributed by atoms with van der Waals surface area (Å²) in [6.07, 6.45) is 10.4. The summed E-state index contributed by atoms with van der Waals surface area (Å²) in [4.78, 5) is 11.5. The van der Waals surface area contributed by atoms with Crippen molar-refractivity contribution in [2.75, 3.05) is 19.7 Å². The summed E-state index contributed by atoms with van der Waals surface area (Å²) in [6.45, 7) is 3.35. The number of piperidine rings is 1. The minimum absolute atomic E-state index is 0.278. The number of imidazole rings is 1. The SMILES string of the molecule is OCC1CCCCN1CCCn1ccnc1-c1ccc2cccnc2c1. The summed E-state index contributed by atoms with van der Waals surface area (Å²) in [5, 5.41) is 10.7. The molecule has 1 unspecified atom stereocenters. The Morgan fingerprint density at radius 2 is 2.04 bits per heavy atom. The topological polar surface area (TPSA) is 54.2 Å². The van der Waals surface area contributed by atoms with Crippen molar-refractivity contribution in [3.05, 3.63) is 48.9 Å². The zero-order valence-corrected chi connectivity index (χ0v) is 15.1. The van der Waals surface area contributed by atoms with Gasteiger partial charge in [0.2, 0.25) is 0 Å². The molecular weight excluding hydrogens is 324 g/mol. The molecule has 0 aliphatic carbocycles. The standard InChI is InChI=1S/C21H26N4O/c26-16-19-6-1-2-11-24(19)12-4-13-25-14-10-23-21(25)18-8-7-17-5-3-9-22-20(17)15-18/h3,5,7-10,14-15,19,26H,1-2,4,6,11-13,16H2. The van der Waals surface area contributed by atoms with Gasteiger partial charge in [0.15, 0.2) is 0 Å². The van der Waals surface area contributed by atoms with E-state index in [4.69, 9.17) is 0 Å². The maximum Gasteiger partial charge on any atom is 0.139 e. The molecule has 1 atom stereocenters. The van der Waals surface area contributed by atoms with E-state index in [2.05, 4.69) is 49.9 Å². The van der Waals surface area contributed by atoms with Crippen molar-refractivity contribution >= 4 is 10.9 Å². The van der Waals surface area contributed by atoms with E-state index in [0.717, 1.165) is 54.8 Å². The lowest BCUT2D eigenvalue weighted by Gasteiger charge is -2.34. The molecule has 1 saturated heterocycles. The Balaban J connectivity index is 1.44. The van der Waals surface area contributed by atoms with E-state index >= 15 is 0 Å². The van der Waals surface area contributed by atoms with Gasteiger partial charge in [-0.25, -0.2) is 4.98 Å². The van der Waals surface area contributed by atoms with Gasteiger partial charge in [0.25, 0.3) is 0 Å². The van der Waals surface area contributed by atoms with Crippen LogP contribution < -0.4 is 0 Å². The first-order valence-electron chi connectivity index (χ1n) is 9.56. The lowest BCUT2D eigenvalue weighted by atomic mass is 10.0. The fourth-order valence-corrected chi connectivity index (χ4v) is 3.96. The van der Waals surface area contributed by atoms with Crippen LogP contribution in [0.25, 0.3) is 22.3 Å². The van der Waals surface area contributed by atoms with Crippen molar-refractivity contribution in [3.8, 4) is 11.4 Å². The highest BCUT2D eigenvalue weighted by molar-refractivity contribution is 5.82. The van der Waals surface area contributed by atoms with Crippen LogP contribution >= 0.6 is 0 Å². The molecule has 0 bridgehead atoms. The molecule has 0 spiro atoms. The second-order valence-electron chi connectivity index (χ2n) is 7.08. The molecule has 5 nitrogen and oxygen atoms in total. The summed E-state index contributed by atoms with van der Waals surface area (Å²) >= 11 is 0. The molecule has 5 heteroatoms. The molecule has 1 fully saturated rings. The number of aliphatic hydroxyl groups is 1. The number of aromatic nitrogens is 3. The van der Waals surface area contributed by atoms with Crippen molar-refractivity contribution in [1.29, 1.82) is 0 Å². The quantitative estimate of drug-likeness (QED) is 0.741. The third kappa shape index (κ3) is 3.64. The predicted molar refractivity (Wildman–Crippen MR) is 104 cm³/mol. The first-order chi connectivity index (χ1) is 12.8. The summed E-state index contributed by atoms with van der Waals surface area (Å²) < 4.78 is 2.22. The molecule has 1 aromatic carbocycles. The Hall–Kier alpha value is -2.24. The summed E-state index contributed by atoms with van der Waals surface area (Å²) in [7, 11) is 0. The average Bonchev–Trinajstić information content (AvgIpc) is 3.16. The number of benzene rings is 1. The van der Waals surface area contributed by atoms with Crippen LogP contribution in [0.15, 0.2) is 48.9 Å². The highest BCUT2D eigenvalue weighted by atomic mass is 16.3. The highest BCUT2D eigenvalue weighted by Gasteiger charge is 2.20. The van der Waals surface area contributed by atoms with Crippen molar-refractivity contribution < 1.29 is 5.11 Å². The van der Waals surface area contributed by atoms with E-state index in [1.807, 2.05) is 18.5 Å². The minimum Gasteiger partial charge on any atom is -0.395 e. The van der Waals surface area contributed by atoms with Crippen LogP contribution in [0.1, 0.15) is 25.7 Å². The number of rotatable bonds is 6. The van der Waals surface area contributed by atoms with Gasteiger partial charge in [-0.3, -0.25) is 9.88 Å². The zero-order chi connectivity index (χ0) is 17.8. The largest absolute Gasteiger partial charge is 0.395 e. The second kappa shape index (κ2) is 7.98. The van der Waals surface area contributed by atoms with Crippen LogP contribution in [0.4, 0.5) is 0 Å². The molecule has 26 heavy (non-hydrogen) atoms. The first kappa shape index (κ1) is 17.2. The number of likely N-dealkylation sites (tertiary alicyclic amines) is 1. The molecule has 136 valence electrons. The van der Waals surface area contributed by atoms with Crippen molar-refractivity contribution in [2.45, 2.75) is 38.3 Å². The molecule has 2 aromatic heterocycles. The van der Waals surface area contributed by atoms with E-state index in [-0.39, 0.29) is 6.61 Å². The Morgan fingerprint density at radius 3 is 2.96 bits per heavy atom. The Labute approximate surface area is 154 Å². The Kier molecular flexibility index (Phi) is 5.27. The van der Waals surface area contributed by atoms with Gasteiger partial charge in [-0.05, 0) is 37.9 Å². The van der Waals surface area contributed by atoms with Crippen molar-refractivity contribution in [2.24, 2.45) is 0 Å². The third-order valence-electron chi connectivity index (χ3n) is 5.38. The van der Waals surface area contributed by atoms with Crippen LogP contribution in [-0.4, -0.2) is 50.3 Å². The number of aliphatic hydroxyl groups excluding tert-OH is 1. The molecule has 0 radical (unpaired) electrons. The van der Waals surface area contributed by atoms with Crippen LogP contribution in [0.3, 0.4) is 0 Å². The number of pyridine rings is 1. The lowest BCUT2D eigenvalue weighted by molar-refractivity contribution is 0.0882. The Bertz CT molecular complexity index is 860. The zero-order valence-electron chi connectivity index (χ0n) is 15.1. The van der Waals surface area contributed by atoms with Gasteiger partial charge in [-0.2, -0.15) is 0 Å². The smallest absolute Gasteiger partial charge is 0.139 e. The molecule has 1 aliphatic rings. The predicted octanol–water partition coefficient (Wildman–Crippen LogP) is 3.34. The van der Waals surface area contributed by atoms with E-state index in [1.54, 1.807) is 0 Å². The number of nitrogens with zero attached hydrogens (tertiary/aromatic N) is 4. The maximum absolute atomic E-state index is 9.56. The minimum atomic E-state index is 0.278. The van der Waals surface area contributed by atoms with Crippen LogP contribution in [0.5, 0.6) is 0 Å². The van der Waals surface area contributed by atoms with E-state index < -0.39 is 0 Å². The van der Waals surface area contributed by atoms with E-state index in [9.17, 15) is 5.11 Å². The molecule has 1 N–H and O–H groups in total. The van der Waals surface area contributed by atoms with Gasteiger partial charge >= 0.3 is 0 Å². The van der Waals surface area contributed by atoms with Crippen molar-refractivity contribution in [3.63, 3.8) is 0 Å². The second-order valence-corrected chi connectivity index (χ2v) is 7.08. The molecular formula is C21H26N4O. The number of hydrogen-bond acceptors (Lipinski definition) is 4. The number of fused-ring (bicyclic) bond motifs is 1. The molecule has 0 amide bonds. The lowest BCUT2D eigenvalue weighted by Crippen LogP contribution is -2.42. The summed E-state index contributed by atoms with van der Waals surface area (Å²) in [6, 6.07) is 10.7. The van der Waals surface area contributed by atoms with Gasteiger partial charge in [0.1, 0.15) is 5.82 Å². The van der Waals surface area contributed by atoms with E-state index in [0.29, 0.717) is 6.04 Å². The monoisotopic (exact) mass is 350 g/mol. The molecule has 3 heterocycles. The van der Waals surface area contributed by atoms with Crippen molar-refractivity contribution in [1.82, 2.24) is 19.4 Å². The van der Waals surface area contributed by atoms with E-state index in [1.165, 1.54) is 12.8 Å². The summed E-state index contributed by atoms with van der Waals surface area (Å²) in [5.74, 6) is 0.995. The van der Waals surface area contributed by atoms with Gasteiger partial charge in [0, 0.05) is 48.7 Å². The molecule has 1 aliphatic heterocycles. The normalized spacial score (nSPS) is 18.4. The van der Waals surface area contributed by atoms with Gasteiger partial charge < -0.3 is 9.67 Å². The Morgan fingerprint density at radius 1 is 1.08 bits per heavy atom. The molecule has 4 rings (SSSR count). The first-order valence-corrected chi connectivity index (χ1v) is 9.56. The summed E-state index contributed by atoms with van der Waals surface area (Å²) in [5.41, 5.74) is 2.10. The van der Waals surface area contributed by atoms with Gasteiger partial charge in [0.05, 0.1) is 12.1 Å². The van der Waals surface area contributed by atoms with Gasteiger partial charge in [-0.1, -0.05) is 24.6 Å². The fraction of sp³-hybridized carbons (Fsp3) is 0.429. The highest BCUT2D eigenvalue weighted by Crippen LogP contribution is 2.23. The average molecular weight is 350 g/mol. The fourth-order valence-electron chi connectivity index (χ4n) is 3.96. The number of aryl methyl sites for hydroxylation is 1. The molecule has 3 aromatic rings. The maximum atomic E-state index is 9.56.